The molecule has 10 nitrogen and oxygen atoms in total. The molecule has 30 heavy (non-hydrogen) atoms. The van der Waals surface area contributed by atoms with Crippen LogP contribution in [0.3, 0.4) is 0 Å². The minimum atomic E-state index is -3.95. The highest BCUT2D eigenvalue weighted by Gasteiger charge is 2.41. The van der Waals surface area contributed by atoms with Crippen molar-refractivity contribution in [1.29, 1.82) is 0 Å². The zero-order valence-electron chi connectivity index (χ0n) is 15.6. The van der Waals surface area contributed by atoms with E-state index in [9.17, 15) is 13.2 Å². The smallest absolute Gasteiger partial charge is 0.280 e. The third kappa shape index (κ3) is 2.87. The maximum Gasteiger partial charge on any atom is 0.280 e. The van der Waals surface area contributed by atoms with Crippen molar-refractivity contribution in [2.45, 2.75) is 18.4 Å². The van der Waals surface area contributed by atoms with Crippen LogP contribution in [0.4, 0.5) is 0 Å². The van der Waals surface area contributed by atoms with Gasteiger partial charge in [0.05, 0.1) is 17.4 Å². The Kier molecular flexibility index (Phi) is 4.00. The van der Waals surface area contributed by atoms with E-state index in [0.29, 0.717) is 5.69 Å². The Labute approximate surface area is 170 Å². The molecule has 0 fully saturated rings. The minimum absolute atomic E-state index is 0.0280. The third-order valence-electron chi connectivity index (χ3n) is 4.68. The monoisotopic (exact) mass is 422 g/mol. The van der Waals surface area contributed by atoms with Crippen LogP contribution in [0, 0.1) is 6.92 Å². The first-order chi connectivity index (χ1) is 14.4. The van der Waals surface area contributed by atoms with E-state index in [1.54, 1.807) is 23.0 Å². The predicted octanol–water partition coefficient (Wildman–Crippen LogP) is 1.97. The number of hydrogen-bond donors (Lipinski definition) is 0. The van der Waals surface area contributed by atoms with Crippen LogP contribution in [0.2, 0.25) is 0 Å². The van der Waals surface area contributed by atoms with E-state index in [4.69, 9.17) is 4.52 Å². The van der Waals surface area contributed by atoms with Gasteiger partial charge in [0.15, 0.2) is 11.5 Å². The van der Waals surface area contributed by atoms with E-state index in [1.807, 2.05) is 31.2 Å². The molecule has 0 radical (unpaired) electrons. The molecule has 0 aliphatic carbocycles. The number of aromatic nitrogens is 5. The van der Waals surface area contributed by atoms with Gasteiger partial charge in [0, 0.05) is 0 Å². The molecule has 2 aromatic carbocycles. The fourth-order valence-electron chi connectivity index (χ4n) is 3.12. The third-order valence-corrected chi connectivity index (χ3v) is 6.46. The molecule has 150 valence electrons. The molecule has 1 amide bonds. The topological polar surface area (TPSA) is 124 Å². The minimum Gasteiger partial charge on any atom is -0.332 e. The Balaban J connectivity index is 1.40. The molecule has 2 aromatic heterocycles. The molecule has 11 heteroatoms. The van der Waals surface area contributed by atoms with Gasteiger partial charge in [-0.3, -0.25) is 4.79 Å². The largest absolute Gasteiger partial charge is 0.332 e. The van der Waals surface area contributed by atoms with Gasteiger partial charge in [-0.25, -0.2) is 17.4 Å². The molecule has 0 N–H and O–H groups in total. The lowest BCUT2D eigenvalue weighted by molar-refractivity contribution is 0.0862. The predicted molar refractivity (Wildman–Crippen MR) is 103 cm³/mol. The number of carbonyl (C=O) groups is 1. The first-order valence-corrected chi connectivity index (χ1v) is 10.4. The number of benzene rings is 2. The molecular weight excluding hydrogens is 408 g/mol. The molecule has 0 unspecified atom stereocenters. The SMILES string of the molecule is Cc1ccc(-n2cc(-c3nc(CN4C(=O)c5ccccc5S4(=O)=O)no3)nn2)cc1. The Morgan fingerprint density at radius 2 is 1.83 bits per heavy atom. The molecule has 0 spiro atoms. The Morgan fingerprint density at radius 1 is 1.07 bits per heavy atom. The summed E-state index contributed by atoms with van der Waals surface area (Å²) in [5.41, 5.74) is 2.38. The summed E-state index contributed by atoms with van der Waals surface area (Å²) in [6, 6.07) is 13.7. The van der Waals surface area contributed by atoms with Crippen LogP contribution in [0.5, 0.6) is 0 Å². The van der Waals surface area contributed by atoms with Crippen molar-refractivity contribution in [1.82, 2.24) is 29.4 Å². The highest BCUT2D eigenvalue weighted by molar-refractivity contribution is 7.90. The van der Waals surface area contributed by atoms with Crippen LogP contribution < -0.4 is 0 Å². The molecule has 1 aliphatic heterocycles. The van der Waals surface area contributed by atoms with Gasteiger partial charge in [0.2, 0.25) is 0 Å². The average molecular weight is 422 g/mol. The number of rotatable bonds is 4. The quantitative estimate of drug-likeness (QED) is 0.489. The van der Waals surface area contributed by atoms with E-state index in [0.717, 1.165) is 15.6 Å². The number of amides is 1. The number of fused-ring (bicyclic) bond motifs is 1. The van der Waals surface area contributed by atoms with Gasteiger partial charge in [0.25, 0.3) is 21.8 Å². The van der Waals surface area contributed by atoms with Crippen LogP contribution in [0.25, 0.3) is 17.3 Å². The normalized spacial score (nSPS) is 14.8. The van der Waals surface area contributed by atoms with E-state index in [-0.39, 0.29) is 28.7 Å². The summed E-state index contributed by atoms with van der Waals surface area (Å²) in [4.78, 5) is 16.7. The number of carbonyl (C=O) groups excluding carboxylic acids is 1. The van der Waals surface area contributed by atoms with E-state index < -0.39 is 15.9 Å². The molecule has 0 saturated carbocycles. The zero-order chi connectivity index (χ0) is 20.9. The van der Waals surface area contributed by atoms with Crippen molar-refractivity contribution in [3.8, 4) is 17.3 Å². The zero-order valence-corrected chi connectivity index (χ0v) is 16.4. The van der Waals surface area contributed by atoms with Crippen molar-refractivity contribution in [2.75, 3.05) is 0 Å². The second kappa shape index (κ2) is 6.59. The molecule has 4 aromatic rings. The number of sulfonamides is 1. The lowest BCUT2D eigenvalue weighted by atomic mass is 10.2. The highest BCUT2D eigenvalue weighted by Crippen LogP contribution is 2.31. The molecule has 5 rings (SSSR count). The van der Waals surface area contributed by atoms with Crippen molar-refractivity contribution < 1.29 is 17.7 Å². The Bertz CT molecular complexity index is 1370. The van der Waals surface area contributed by atoms with E-state index >= 15 is 0 Å². The number of hydrogen-bond acceptors (Lipinski definition) is 8. The average Bonchev–Trinajstić information content (AvgIpc) is 3.45. The van der Waals surface area contributed by atoms with Gasteiger partial charge in [-0.15, -0.1) is 5.10 Å². The molecular formula is C19H14N6O4S. The van der Waals surface area contributed by atoms with Gasteiger partial charge in [0.1, 0.15) is 11.4 Å². The van der Waals surface area contributed by atoms with Crippen LogP contribution in [0.1, 0.15) is 21.7 Å². The standard InChI is InChI=1S/C19H14N6O4S/c1-12-6-8-13(9-7-12)24-10-15(21-23-24)18-20-17(22-29-18)11-25-19(26)14-4-2-3-5-16(14)30(25,27)28/h2-10H,11H2,1H3. The summed E-state index contributed by atoms with van der Waals surface area (Å²) in [7, 11) is -3.95. The first-order valence-electron chi connectivity index (χ1n) is 8.92. The summed E-state index contributed by atoms with van der Waals surface area (Å²) in [5.74, 6) is -0.508. The lowest BCUT2D eigenvalue weighted by Gasteiger charge is -2.11. The van der Waals surface area contributed by atoms with Gasteiger partial charge >= 0.3 is 0 Å². The maximum absolute atomic E-state index is 12.7. The summed E-state index contributed by atoms with van der Waals surface area (Å²) in [6.07, 6.45) is 1.62. The van der Waals surface area contributed by atoms with Crippen LogP contribution in [0.15, 0.2) is 64.1 Å². The Morgan fingerprint density at radius 3 is 2.60 bits per heavy atom. The summed E-state index contributed by atoms with van der Waals surface area (Å²) in [5, 5.41) is 11.9. The van der Waals surface area contributed by atoms with Crippen LogP contribution in [-0.4, -0.2) is 43.8 Å². The maximum atomic E-state index is 12.7. The van der Waals surface area contributed by atoms with E-state index in [2.05, 4.69) is 20.5 Å². The Hall–Kier alpha value is -3.86. The second-order valence-corrected chi connectivity index (χ2v) is 8.54. The number of aryl methyl sites for hydroxylation is 1. The lowest BCUT2D eigenvalue weighted by Crippen LogP contribution is -2.29. The van der Waals surface area contributed by atoms with Gasteiger partial charge < -0.3 is 4.52 Å². The first kappa shape index (κ1) is 18.2. The van der Waals surface area contributed by atoms with Crippen molar-refractivity contribution in [2.24, 2.45) is 0 Å². The van der Waals surface area contributed by atoms with Gasteiger partial charge in [-0.1, -0.05) is 40.2 Å². The van der Waals surface area contributed by atoms with E-state index in [1.165, 1.54) is 12.1 Å². The second-order valence-electron chi connectivity index (χ2n) is 6.71. The molecule has 1 aliphatic rings. The molecule has 0 atom stereocenters. The van der Waals surface area contributed by atoms with Crippen LogP contribution in [-0.2, 0) is 16.6 Å². The summed E-state index contributed by atoms with van der Waals surface area (Å²) >= 11 is 0. The fourth-order valence-corrected chi connectivity index (χ4v) is 4.65. The van der Waals surface area contributed by atoms with Crippen LogP contribution >= 0.6 is 0 Å². The molecule has 0 saturated heterocycles. The molecule has 0 bridgehead atoms. The van der Waals surface area contributed by atoms with Crippen molar-refractivity contribution in [3.05, 3.63) is 71.7 Å². The van der Waals surface area contributed by atoms with Crippen molar-refractivity contribution >= 4 is 15.9 Å². The highest BCUT2D eigenvalue weighted by atomic mass is 32.2. The molecule has 3 heterocycles. The number of nitrogens with zero attached hydrogens (tertiary/aromatic N) is 6. The summed E-state index contributed by atoms with van der Waals surface area (Å²) < 4.78 is 32.8. The van der Waals surface area contributed by atoms with Gasteiger partial charge in [-0.05, 0) is 31.2 Å². The summed E-state index contributed by atoms with van der Waals surface area (Å²) in [6.45, 7) is 1.64. The van der Waals surface area contributed by atoms with Gasteiger partial charge in [-0.2, -0.15) is 4.98 Å². The fraction of sp³-hybridized carbons (Fsp3) is 0.105. The van der Waals surface area contributed by atoms with Crippen molar-refractivity contribution in [3.63, 3.8) is 0 Å².